The summed E-state index contributed by atoms with van der Waals surface area (Å²) in [5.41, 5.74) is 6.98. The van der Waals surface area contributed by atoms with Crippen LogP contribution in [0.15, 0.2) is 115 Å². The average molecular weight is 490 g/mol. The topological polar surface area (TPSA) is 55.8 Å². The quantitative estimate of drug-likeness (QED) is 0.194. The van der Waals surface area contributed by atoms with Crippen LogP contribution in [-0.4, -0.2) is 26.2 Å². The molecule has 0 unspecified atom stereocenters. The number of esters is 2. The molecule has 0 heterocycles. The molecule has 0 spiro atoms. The molecule has 0 radical (unpaired) electrons. The molecule has 4 aromatic carbocycles. The van der Waals surface area contributed by atoms with Gasteiger partial charge in [-0.1, -0.05) is 66.7 Å². The lowest BCUT2D eigenvalue weighted by Crippen LogP contribution is -2.09. The Balaban J connectivity index is 1.68. The number of carbonyl (C=O) groups excluding carboxylic acids is 2. The van der Waals surface area contributed by atoms with E-state index in [0.717, 1.165) is 39.3 Å². The molecule has 0 aliphatic rings. The Labute approximate surface area is 216 Å². The van der Waals surface area contributed by atoms with Crippen molar-refractivity contribution in [3.8, 4) is 11.1 Å². The number of hydrogen-bond acceptors (Lipinski definition) is 5. The number of carbonyl (C=O) groups is 2. The Morgan fingerprint density at radius 3 is 1.32 bits per heavy atom. The summed E-state index contributed by atoms with van der Waals surface area (Å²) >= 11 is 0. The molecular formula is C32H27NO4. The van der Waals surface area contributed by atoms with Gasteiger partial charge in [-0.25, -0.2) is 9.59 Å². The van der Waals surface area contributed by atoms with Crippen molar-refractivity contribution in [3.05, 3.63) is 126 Å². The van der Waals surface area contributed by atoms with E-state index in [1.54, 1.807) is 12.2 Å². The number of nitrogens with zero attached hydrogens (tertiary/aromatic N) is 1. The maximum Gasteiger partial charge on any atom is 0.330 e. The summed E-state index contributed by atoms with van der Waals surface area (Å²) in [6.07, 6.45) is 6.24. The highest BCUT2D eigenvalue weighted by atomic mass is 16.5. The number of benzene rings is 4. The normalized spacial score (nSPS) is 11.0. The first-order valence-electron chi connectivity index (χ1n) is 11.7. The van der Waals surface area contributed by atoms with Crippen LogP contribution in [0.4, 0.5) is 17.1 Å². The molecule has 0 aliphatic carbocycles. The zero-order valence-electron chi connectivity index (χ0n) is 20.7. The molecule has 0 bridgehead atoms. The summed E-state index contributed by atoms with van der Waals surface area (Å²) in [5.74, 6) is -0.795. The highest BCUT2D eigenvalue weighted by molar-refractivity contribution is 5.88. The predicted molar refractivity (Wildman–Crippen MR) is 149 cm³/mol. The van der Waals surface area contributed by atoms with Crippen molar-refractivity contribution in [2.45, 2.75) is 0 Å². The van der Waals surface area contributed by atoms with E-state index in [0.29, 0.717) is 0 Å². The first kappa shape index (κ1) is 25.2. The smallest absolute Gasteiger partial charge is 0.330 e. The maximum absolute atomic E-state index is 11.4. The van der Waals surface area contributed by atoms with E-state index in [1.807, 2.05) is 66.7 Å². The molecule has 4 rings (SSSR count). The van der Waals surface area contributed by atoms with Crippen LogP contribution in [-0.2, 0) is 19.1 Å². The van der Waals surface area contributed by atoms with Crippen LogP contribution in [0.2, 0.25) is 0 Å². The molecular weight excluding hydrogens is 462 g/mol. The lowest BCUT2D eigenvalue weighted by atomic mass is 10.0. The first-order valence-corrected chi connectivity index (χ1v) is 11.7. The number of ether oxygens (including phenoxy) is 2. The molecule has 0 atom stereocenters. The highest BCUT2D eigenvalue weighted by Crippen LogP contribution is 2.36. The molecule has 37 heavy (non-hydrogen) atoms. The fourth-order valence-corrected chi connectivity index (χ4v) is 3.81. The van der Waals surface area contributed by atoms with Crippen molar-refractivity contribution in [2.24, 2.45) is 0 Å². The van der Waals surface area contributed by atoms with Gasteiger partial charge in [-0.05, 0) is 70.8 Å². The molecule has 0 amide bonds. The summed E-state index contributed by atoms with van der Waals surface area (Å²) in [7, 11) is 2.71. The molecule has 0 saturated carbocycles. The minimum atomic E-state index is -0.398. The van der Waals surface area contributed by atoms with Crippen LogP contribution in [0.5, 0.6) is 0 Å². The van der Waals surface area contributed by atoms with Crippen molar-refractivity contribution in [2.75, 3.05) is 19.1 Å². The number of rotatable bonds is 8. The first-order chi connectivity index (χ1) is 18.1. The molecule has 0 saturated heterocycles. The Morgan fingerprint density at radius 2 is 0.919 bits per heavy atom. The van der Waals surface area contributed by atoms with Gasteiger partial charge < -0.3 is 14.4 Å². The molecule has 184 valence electrons. The second kappa shape index (κ2) is 12.2. The zero-order chi connectivity index (χ0) is 26.0. The fourth-order valence-electron chi connectivity index (χ4n) is 3.81. The molecule has 0 aliphatic heterocycles. The average Bonchev–Trinajstić information content (AvgIpc) is 2.97. The van der Waals surface area contributed by atoms with Crippen molar-refractivity contribution in [1.82, 2.24) is 0 Å². The highest BCUT2D eigenvalue weighted by Gasteiger charge is 2.13. The van der Waals surface area contributed by atoms with E-state index < -0.39 is 11.9 Å². The van der Waals surface area contributed by atoms with Gasteiger partial charge in [-0.2, -0.15) is 0 Å². The van der Waals surface area contributed by atoms with E-state index in [-0.39, 0.29) is 0 Å². The molecule has 4 aromatic rings. The Morgan fingerprint density at radius 1 is 0.541 bits per heavy atom. The fraction of sp³-hybridized carbons (Fsp3) is 0.0625. The lowest BCUT2D eigenvalue weighted by molar-refractivity contribution is -0.135. The second-order valence-electron chi connectivity index (χ2n) is 8.14. The minimum absolute atomic E-state index is 0.398. The summed E-state index contributed by atoms with van der Waals surface area (Å²) in [5, 5.41) is 0. The van der Waals surface area contributed by atoms with Crippen LogP contribution in [0.25, 0.3) is 23.3 Å². The molecule has 5 heteroatoms. The van der Waals surface area contributed by atoms with Crippen LogP contribution in [0.3, 0.4) is 0 Å². The van der Waals surface area contributed by atoms with E-state index >= 15 is 0 Å². The van der Waals surface area contributed by atoms with Gasteiger partial charge in [0.15, 0.2) is 0 Å². The van der Waals surface area contributed by atoms with Crippen molar-refractivity contribution in [3.63, 3.8) is 0 Å². The van der Waals surface area contributed by atoms with Crippen molar-refractivity contribution in [1.29, 1.82) is 0 Å². The van der Waals surface area contributed by atoms with Gasteiger partial charge in [0.2, 0.25) is 0 Å². The van der Waals surface area contributed by atoms with Gasteiger partial charge in [-0.15, -0.1) is 0 Å². The van der Waals surface area contributed by atoms with E-state index in [9.17, 15) is 9.59 Å². The monoisotopic (exact) mass is 489 g/mol. The van der Waals surface area contributed by atoms with Crippen LogP contribution in [0.1, 0.15) is 11.1 Å². The Kier molecular flexibility index (Phi) is 8.29. The van der Waals surface area contributed by atoms with Crippen LogP contribution < -0.4 is 4.90 Å². The lowest BCUT2D eigenvalue weighted by Gasteiger charge is -2.26. The Bertz CT molecular complexity index is 1320. The summed E-state index contributed by atoms with van der Waals surface area (Å²) in [6.45, 7) is 0. The van der Waals surface area contributed by atoms with E-state index in [1.165, 1.54) is 26.4 Å². The standard InChI is InChI=1S/C32H27NO4/c1-36-31(34)22-12-24-8-16-28(17-9-24)33(29-18-10-25(11-19-29)13-23-32(35)37-2)30-20-14-27(15-21-30)26-6-4-3-5-7-26/h3-23H,1-2H3. The third-order valence-electron chi connectivity index (χ3n) is 5.76. The summed E-state index contributed by atoms with van der Waals surface area (Å²) in [4.78, 5) is 25.0. The van der Waals surface area contributed by atoms with Gasteiger partial charge in [-0.3, -0.25) is 0 Å². The van der Waals surface area contributed by atoms with Crippen LogP contribution in [0, 0.1) is 0 Å². The van der Waals surface area contributed by atoms with E-state index in [2.05, 4.69) is 50.8 Å². The second-order valence-corrected chi connectivity index (χ2v) is 8.14. The SMILES string of the molecule is COC(=O)C=Cc1ccc(N(c2ccc(C=CC(=O)OC)cc2)c2ccc(-c3ccccc3)cc2)cc1. The maximum atomic E-state index is 11.4. The van der Waals surface area contributed by atoms with Gasteiger partial charge >= 0.3 is 11.9 Å². The minimum Gasteiger partial charge on any atom is -0.466 e. The van der Waals surface area contributed by atoms with Crippen molar-refractivity contribution < 1.29 is 19.1 Å². The number of hydrogen-bond donors (Lipinski definition) is 0. The van der Waals surface area contributed by atoms with Crippen LogP contribution >= 0.6 is 0 Å². The molecule has 5 nitrogen and oxygen atoms in total. The summed E-state index contributed by atoms with van der Waals surface area (Å²) < 4.78 is 9.35. The summed E-state index contributed by atoms with van der Waals surface area (Å²) in [6, 6.07) is 34.5. The Hall–Kier alpha value is -4.90. The van der Waals surface area contributed by atoms with E-state index in [4.69, 9.17) is 0 Å². The molecule has 0 fully saturated rings. The predicted octanol–water partition coefficient (Wildman–Crippen LogP) is 7.20. The molecule has 0 N–H and O–H groups in total. The number of methoxy groups -OCH3 is 2. The third-order valence-corrected chi connectivity index (χ3v) is 5.76. The van der Waals surface area contributed by atoms with Gasteiger partial charge in [0.25, 0.3) is 0 Å². The molecule has 0 aromatic heterocycles. The van der Waals surface area contributed by atoms with Crippen molar-refractivity contribution >= 4 is 41.2 Å². The largest absolute Gasteiger partial charge is 0.466 e. The third kappa shape index (κ3) is 6.61. The van der Waals surface area contributed by atoms with Gasteiger partial charge in [0.1, 0.15) is 0 Å². The van der Waals surface area contributed by atoms with Gasteiger partial charge in [0, 0.05) is 29.2 Å². The number of anilines is 3. The zero-order valence-corrected chi connectivity index (χ0v) is 20.7. The van der Waals surface area contributed by atoms with Gasteiger partial charge in [0.05, 0.1) is 14.2 Å².